The topological polar surface area (TPSA) is 17.1 Å². The molecule has 50 valence electrons. The Labute approximate surface area is 60.0 Å². The molecule has 0 bridgehead atoms. The van der Waals surface area contributed by atoms with Crippen molar-refractivity contribution in [2.24, 2.45) is 0 Å². The molecule has 0 aliphatic heterocycles. The Morgan fingerprint density at radius 1 is 1.44 bits per heavy atom. The molecular formula is C7H9ClO. The van der Waals surface area contributed by atoms with Crippen molar-refractivity contribution in [2.45, 2.75) is 13.8 Å². The molecule has 0 atom stereocenters. The van der Waals surface area contributed by atoms with Crippen LogP contribution in [0.4, 0.5) is 0 Å². The van der Waals surface area contributed by atoms with Gasteiger partial charge in [-0.05, 0) is 19.9 Å². The Morgan fingerprint density at radius 3 is 2.33 bits per heavy atom. The first kappa shape index (κ1) is 8.44. The maximum absolute atomic E-state index is 10.7. The van der Waals surface area contributed by atoms with Gasteiger partial charge in [0.1, 0.15) is 0 Å². The average Bonchev–Trinajstić information content (AvgIpc) is 1.87. The highest BCUT2D eigenvalue weighted by molar-refractivity contribution is 6.44. The van der Waals surface area contributed by atoms with Gasteiger partial charge in [-0.25, -0.2) is 0 Å². The molecule has 0 heterocycles. The maximum atomic E-state index is 10.7. The Morgan fingerprint density at radius 2 is 2.00 bits per heavy atom. The van der Waals surface area contributed by atoms with Crippen LogP contribution in [0.2, 0.25) is 0 Å². The van der Waals surface area contributed by atoms with Crippen LogP contribution in [0.15, 0.2) is 23.3 Å². The van der Waals surface area contributed by atoms with Crippen LogP contribution in [0.5, 0.6) is 0 Å². The van der Waals surface area contributed by atoms with E-state index in [0.717, 1.165) is 0 Å². The van der Waals surface area contributed by atoms with E-state index in [9.17, 15) is 4.79 Å². The van der Waals surface area contributed by atoms with Crippen molar-refractivity contribution in [1.82, 2.24) is 0 Å². The highest BCUT2D eigenvalue weighted by Crippen LogP contribution is 2.02. The second-order valence-corrected chi connectivity index (χ2v) is 1.91. The Kier molecular flexibility index (Phi) is 4.06. The first-order valence-electron chi connectivity index (χ1n) is 2.71. The third-order valence-corrected chi connectivity index (χ3v) is 1.21. The van der Waals surface area contributed by atoms with Gasteiger partial charge in [0.25, 0.3) is 0 Å². The van der Waals surface area contributed by atoms with E-state index in [1.807, 2.05) is 0 Å². The number of hydrogen-bond acceptors (Lipinski definition) is 1. The second kappa shape index (κ2) is 4.33. The number of ketones is 1. The summed E-state index contributed by atoms with van der Waals surface area (Å²) in [5, 5.41) is 0.271. The zero-order valence-corrected chi connectivity index (χ0v) is 6.27. The highest BCUT2D eigenvalue weighted by atomic mass is 35.5. The second-order valence-electron chi connectivity index (χ2n) is 1.50. The molecule has 0 aliphatic rings. The summed E-state index contributed by atoms with van der Waals surface area (Å²) >= 11 is 5.45. The molecular weight excluding hydrogens is 136 g/mol. The zero-order chi connectivity index (χ0) is 7.28. The number of rotatable bonds is 2. The predicted molar refractivity (Wildman–Crippen MR) is 39.4 cm³/mol. The lowest BCUT2D eigenvalue weighted by Crippen LogP contribution is -1.89. The fraction of sp³-hybridized carbons (Fsp3) is 0.286. The zero-order valence-electron chi connectivity index (χ0n) is 5.52. The first-order valence-corrected chi connectivity index (χ1v) is 3.09. The summed E-state index contributed by atoms with van der Waals surface area (Å²) in [6, 6.07) is 0. The molecule has 0 aromatic rings. The standard InChI is InChI=1S/C7H9ClO/c1-3-5-7(9)6(8)4-2/h3-5H,1-2H3/b5-3+,6-4+. The lowest BCUT2D eigenvalue weighted by atomic mass is 10.3. The van der Waals surface area contributed by atoms with Crippen LogP contribution in [0.25, 0.3) is 0 Å². The van der Waals surface area contributed by atoms with Gasteiger partial charge in [0.05, 0.1) is 5.03 Å². The summed E-state index contributed by atoms with van der Waals surface area (Å²) in [6.45, 7) is 3.50. The van der Waals surface area contributed by atoms with Crippen molar-refractivity contribution in [3.05, 3.63) is 23.3 Å². The van der Waals surface area contributed by atoms with Crippen LogP contribution in [-0.2, 0) is 4.79 Å². The Bertz CT molecular complexity index is 156. The molecule has 0 saturated heterocycles. The van der Waals surface area contributed by atoms with Crippen molar-refractivity contribution < 1.29 is 4.79 Å². The monoisotopic (exact) mass is 144 g/mol. The average molecular weight is 145 g/mol. The van der Waals surface area contributed by atoms with Crippen LogP contribution >= 0.6 is 11.6 Å². The molecule has 0 aromatic carbocycles. The van der Waals surface area contributed by atoms with Gasteiger partial charge < -0.3 is 0 Å². The molecule has 0 spiro atoms. The molecule has 0 radical (unpaired) electrons. The van der Waals surface area contributed by atoms with E-state index >= 15 is 0 Å². The van der Waals surface area contributed by atoms with Gasteiger partial charge in [0.15, 0.2) is 5.78 Å². The van der Waals surface area contributed by atoms with Crippen LogP contribution in [0, 0.1) is 0 Å². The lowest BCUT2D eigenvalue weighted by molar-refractivity contribution is -0.110. The maximum Gasteiger partial charge on any atom is 0.196 e. The van der Waals surface area contributed by atoms with E-state index in [0.29, 0.717) is 0 Å². The van der Waals surface area contributed by atoms with Gasteiger partial charge in [0, 0.05) is 0 Å². The smallest absolute Gasteiger partial charge is 0.196 e. The number of carbonyl (C=O) groups excluding carboxylic acids is 1. The van der Waals surface area contributed by atoms with Gasteiger partial charge in [-0.1, -0.05) is 23.8 Å². The summed E-state index contributed by atoms with van der Waals surface area (Å²) in [6.07, 6.45) is 4.67. The molecule has 0 N–H and O–H groups in total. The summed E-state index contributed by atoms with van der Waals surface area (Å²) in [5.41, 5.74) is 0. The van der Waals surface area contributed by atoms with E-state index in [2.05, 4.69) is 0 Å². The molecule has 0 rings (SSSR count). The molecule has 1 nitrogen and oxygen atoms in total. The third-order valence-electron chi connectivity index (χ3n) is 0.807. The van der Waals surface area contributed by atoms with Crippen molar-refractivity contribution in [3.63, 3.8) is 0 Å². The van der Waals surface area contributed by atoms with Gasteiger partial charge in [-0.2, -0.15) is 0 Å². The van der Waals surface area contributed by atoms with E-state index in [1.54, 1.807) is 26.0 Å². The van der Waals surface area contributed by atoms with Crippen molar-refractivity contribution in [2.75, 3.05) is 0 Å². The van der Waals surface area contributed by atoms with E-state index < -0.39 is 0 Å². The summed E-state index contributed by atoms with van der Waals surface area (Å²) < 4.78 is 0. The van der Waals surface area contributed by atoms with Crippen LogP contribution < -0.4 is 0 Å². The molecule has 0 aliphatic carbocycles. The lowest BCUT2D eigenvalue weighted by Gasteiger charge is -1.85. The number of hydrogen-bond donors (Lipinski definition) is 0. The van der Waals surface area contributed by atoms with Crippen LogP contribution in [-0.4, -0.2) is 5.78 Å². The largest absolute Gasteiger partial charge is 0.288 e. The minimum Gasteiger partial charge on any atom is -0.288 e. The fourth-order valence-electron chi connectivity index (χ4n) is 0.373. The Balaban J connectivity index is 4.05. The number of carbonyl (C=O) groups is 1. The van der Waals surface area contributed by atoms with Crippen molar-refractivity contribution >= 4 is 17.4 Å². The first-order chi connectivity index (χ1) is 4.22. The predicted octanol–water partition coefficient (Wildman–Crippen LogP) is 2.27. The van der Waals surface area contributed by atoms with E-state index in [4.69, 9.17) is 11.6 Å². The minimum absolute atomic E-state index is 0.137. The van der Waals surface area contributed by atoms with E-state index in [1.165, 1.54) is 6.08 Å². The number of allylic oxidation sites excluding steroid dienone is 4. The quantitative estimate of drug-likeness (QED) is 0.544. The molecule has 0 unspecified atom stereocenters. The third kappa shape index (κ3) is 3.09. The van der Waals surface area contributed by atoms with Gasteiger partial charge in [0.2, 0.25) is 0 Å². The van der Waals surface area contributed by atoms with Crippen LogP contribution in [0.3, 0.4) is 0 Å². The molecule has 0 aromatic heterocycles. The molecule has 2 heteroatoms. The van der Waals surface area contributed by atoms with Crippen molar-refractivity contribution in [3.8, 4) is 0 Å². The van der Waals surface area contributed by atoms with Gasteiger partial charge in [-0.3, -0.25) is 4.79 Å². The van der Waals surface area contributed by atoms with Gasteiger partial charge in [-0.15, -0.1) is 0 Å². The molecule has 9 heavy (non-hydrogen) atoms. The number of halogens is 1. The molecule has 0 fully saturated rings. The summed E-state index contributed by atoms with van der Waals surface area (Å²) in [4.78, 5) is 10.7. The fourth-order valence-corrected chi connectivity index (χ4v) is 0.436. The summed E-state index contributed by atoms with van der Waals surface area (Å²) in [5.74, 6) is -0.137. The summed E-state index contributed by atoms with van der Waals surface area (Å²) in [7, 11) is 0. The SMILES string of the molecule is C/C=C/C(=O)/C(Cl)=C\C. The van der Waals surface area contributed by atoms with Crippen LogP contribution in [0.1, 0.15) is 13.8 Å². The van der Waals surface area contributed by atoms with Crippen molar-refractivity contribution in [1.29, 1.82) is 0 Å². The minimum atomic E-state index is -0.137. The van der Waals surface area contributed by atoms with Gasteiger partial charge >= 0.3 is 0 Å². The highest BCUT2D eigenvalue weighted by Gasteiger charge is 1.97. The molecule has 0 amide bonds. The molecule has 0 saturated carbocycles. The Hall–Kier alpha value is -0.560. The normalized spacial score (nSPS) is 12.6. The van der Waals surface area contributed by atoms with E-state index in [-0.39, 0.29) is 10.8 Å².